The Hall–Kier alpha value is -0.680. The third-order valence-corrected chi connectivity index (χ3v) is 4.76. The van der Waals surface area contributed by atoms with E-state index >= 15 is 0 Å². The van der Waals surface area contributed by atoms with Crippen LogP contribution in [-0.4, -0.2) is 20.3 Å². The molecule has 0 aliphatic heterocycles. The van der Waals surface area contributed by atoms with E-state index in [9.17, 15) is 0 Å². The first-order chi connectivity index (χ1) is 9.74. The molecule has 0 bridgehead atoms. The van der Waals surface area contributed by atoms with Crippen LogP contribution < -0.4 is 5.32 Å². The van der Waals surface area contributed by atoms with Gasteiger partial charge in [0.25, 0.3) is 0 Å². The summed E-state index contributed by atoms with van der Waals surface area (Å²) in [6.45, 7) is 3.86. The molecule has 0 aliphatic carbocycles. The summed E-state index contributed by atoms with van der Waals surface area (Å²) in [6, 6.07) is 11.3. The van der Waals surface area contributed by atoms with Crippen molar-refractivity contribution < 1.29 is 4.74 Å². The van der Waals surface area contributed by atoms with Gasteiger partial charge in [0, 0.05) is 7.11 Å². The monoisotopic (exact) mass is 353 g/mol. The number of ether oxygens (including phenoxy) is 1. The van der Waals surface area contributed by atoms with Crippen molar-refractivity contribution in [2.45, 2.75) is 19.4 Å². The average molecular weight is 354 g/mol. The van der Waals surface area contributed by atoms with Crippen molar-refractivity contribution in [2.24, 2.45) is 0 Å². The Morgan fingerprint density at radius 3 is 2.55 bits per heavy atom. The third-order valence-electron chi connectivity index (χ3n) is 3.24. The van der Waals surface area contributed by atoms with Gasteiger partial charge in [-0.1, -0.05) is 31.2 Å². The number of benzene rings is 1. The quantitative estimate of drug-likeness (QED) is 0.796. The molecule has 20 heavy (non-hydrogen) atoms. The molecule has 2 nitrogen and oxygen atoms in total. The summed E-state index contributed by atoms with van der Waals surface area (Å²) in [4.78, 5) is 0. The predicted molar refractivity (Wildman–Crippen MR) is 89.6 cm³/mol. The van der Waals surface area contributed by atoms with E-state index in [2.05, 4.69) is 63.9 Å². The molecule has 1 atom stereocenters. The summed E-state index contributed by atoms with van der Waals surface area (Å²) in [5, 5.41) is 5.76. The number of hydrogen-bond donors (Lipinski definition) is 1. The Morgan fingerprint density at radius 1 is 1.25 bits per heavy atom. The summed E-state index contributed by atoms with van der Waals surface area (Å²) in [6.07, 6.45) is 0.965. The Morgan fingerprint density at radius 2 is 2.00 bits per heavy atom. The second-order valence-corrected chi connectivity index (χ2v) is 6.95. The maximum atomic E-state index is 5.12. The molecular weight excluding hydrogens is 334 g/mol. The van der Waals surface area contributed by atoms with E-state index in [1.807, 2.05) is 0 Å². The second kappa shape index (κ2) is 7.93. The molecule has 1 aromatic heterocycles. The highest BCUT2D eigenvalue weighted by Gasteiger charge is 2.14. The van der Waals surface area contributed by atoms with Gasteiger partial charge in [-0.15, -0.1) is 11.3 Å². The van der Waals surface area contributed by atoms with E-state index in [1.165, 1.54) is 20.5 Å². The molecule has 108 valence electrons. The van der Waals surface area contributed by atoms with Gasteiger partial charge >= 0.3 is 0 Å². The number of hydrogen-bond acceptors (Lipinski definition) is 3. The van der Waals surface area contributed by atoms with E-state index in [1.54, 1.807) is 18.4 Å². The molecule has 1 aromatic carbocycles. The normalized spacial score (nSPS) is 12.6. The molecule has 0 saturated carbocycles. The molecule has 2 aromatic rings. The second-order valence-electron chi connectivity index (χ2n) is 4.66. The Balaban J connectivity index is 2.17. The molecule has 0 aliphatic rings. The highest BCUT2D eigenvalue weighted by molar-refractivity contribution is 9.11. The lowest BCUT2D eigenvalue weighted by Gasteiger charge is -2.17. The molecular formula is C16H20BrNOS. The van der Waals surface area contributed by atoms with Gasteiger partial charge in [0.15, 0.2) is 0 Å². The van der Waals surface area contributed by atoms with E-state index < -0.39 is 0 Å². The molecule has 2 rings (SSSR count). The first kappa shape index (κ1) is 15.7. The molecule has 0 fully saturated rings. The summed E-state index contributed by atoms with van der Waals surface area (Å²) in [7, 11) is 1.74. The number of thiophene rings is 1. The zero-order valence-corrected chi connectivity index (χ0v) is 14.3. The maximum Gasteiger partial charge on any atom is 0.0701 e. The maximum absolute atomic E-state index is 5.12. The number of methoxy groups -OCH3 is 1. The van der Waals surface area contributed by atoms with Crippen LogP contribution in [0.2, 0.25) is 0 Å². The van der Waals surface area contributed by atoms with Crippen LogP contribution in [0, 0.1) is 0 Å². The van der Waals surface area contributed by atoms with Crippen LogP contribution in [0.1, 0.15) is 29.7 Å². The Labute approximate surface area is 133 Å². The number of halogens is 1. The smallest absolute Gasteiger partial charge is 0.0701 e. The SMILES string of the molecule is CCNC(c1ccc(CCOC)cc1)c1csc(Br)c1. The lowest BCUT2D eigenvalue weighted by molar-refractivity contribution is 0.202. The fourth-order valence-corrected chi connectivity index (χ4v) is 3.41. The van der Waals surface area contributed by atoms with Crippen LogP contribution in [0.5, 0.6) is 0 Å². The van der Waals surface area contributed by atoms with Crippen LogP contribution in [0.15, 0.2) is 39.5 Å². The lowest BCUT2D eigenvalue weighted by Crippen LogP contribution is -2.21. The van der Waals surface area contributed by atoms with Gasteiger partial charge in [-0.05, 0) is 57.0 Å². The zero-order valence-electron chi connectivity index (χ0n) is 11.9. The van der Waals surface area contributed by atoms with E-state index in [4.69, 9.17) is 4.74 Å². The van der Waals surface area contributed by atoms with Crippen molar-refractivity contribution in [3.63, 3.8) is 0 Å². The van der Waals surface area contributed by atoms with Crippen LogP contribution >= 0.6 is 27.3 Å². The van der Waals surface area contributed by atoms with Crippen LogP contribution in [0.25, 0.3) is 0 Å². The predicted octanol–water partition coefficient (Wildman–Crippen LogP) is 4.40. The van der Waals surface area contributed by atoms with Crippen molar-refractivity contribution in [1.82, 2.24) is 5.32 Å². The van der Waals surface area contributed by atoms with Crippen molar-refractivity contribution in [2.75, 3.05) is 20.3 Å². The van der Waals surface area contributed by atoms with Gasteiger partial charge in [0.2, 0.25) is 0 Å². The highest BCUT2D eigenvalue weighted by atomic mass is 79.9. The standard InChI is InChI=1S/C16H20BrNOS/c1-3-18-16(14-10-15(17)20-11-14)13-6-4-12(5-7-13)8-9-19-2/h4-7,10-11,16,18H,3,8-9H2,1-2H3. The van der Waals surface area contributed by atoms with Gasteiger partial charge in [-0.2, -0.15) is 0 Å². The number of nitrogens with one attached hydrogen (secondary N) is 1. The molecule has 1 unspecified atom stereocenters. The van der Waals surface area contributed by atoms with Gasteiger partial charge in [0.05, 0.1) is 16.4 Å². The van der Waals surface area contributed by atoms with Gasteiger partial charge in [-0.25, -0.2) is 0 Å². The highest BCUT2D eigenvalue weighted by Crippen LogP contribution is 2.29. The van der Waals surface area contributed by atoms with E-state index in [0.29, 0.717) is 0 Å². The minimum Gasteiger partial charge on any atom is -0.384 e. The zero-order chi connectivity index (χ0) is 14.4. The molecule has 4 heteroatoms. The van der Waals surface area contributed by atoms with Crippen LogP contribution in [0.4, 0.5) is 0 Å². The van der Waals surface area contributed by atoms with Crippen molar-refractivity contribution in [1.29, 1.82) is 0 Å². The van der Waals surface area contributed by atoms with Crippen LogP contribution in [-0.2, 0) is 11.2 Å². The minimum atomic E-state index is 0.263. The van der Waals surface area contributed by atoms with Crippen molar-refractivity contribution >= 4 is 27.3 Å². The first-order valence-corrected chi connectivity index (χ1v) is 8.47. The summed E-state index contributed by atoms with van der Waals surface area (Å²) in [5.74, 6) is 0. The average Bonchev–Trinajstić information content (AvgIpc) is 2.89. The van der Waals surface area contributed by atoms with E-state index in [-0.39, 0.29) is 6.04 Å². The van der Waals surface area contributed by atoms with E-state index in [0.717, 1.165) is 19.6 Å². The molecule has 0 spiro atoms. The number of rotatable bonds is 7. The summed E-state index contributed by atoms with van der Waals surface area (Å²) in [5.41, 5.74) is 3.93. The molecule has 0 saturated heterocycles. The summed E-state index contributed by atoms with van der Waals surface area (Å²) >= 11 is 5.27. The van der Waals surface area contributed by atoms with Crippen molar-refractivity contribution in [3.8, 4) is 0 Å². The first-order valence-electron chi connectivity index (χ1n) is 6.79. The molecule has 0 amide bonds. The van der Waals surface area contributed by atoms with Gasteiger partial charge in [0.1, 0.15) is 0 Å². The Bertz CT molecular complexity index is 524. The summed E-state index contributed by atoms with van der Waals surface area (Å²) < 4.78 is 6.29. The lowest BCUT2D eigenvalue weighted by atomic mass is 9.99. The van der Waals surface area contributed by atoms with Crippen molar-refractivity contribution in [3.05, 3.63) is 56.2 Å². The minimum absolute atomic E-state index is 0.263. The van der Waals surface area contributed by atoms with Gasteiger partial charge < -0.3 is 10.1 Å². The van der Waals surface area contributed by atoms with Crippen LogP contribution in [0.3, 0.4) is 0 Å². The third kappa shape index (κ3) is 4.16. The fourth-order valence-electron chi connectivity index (χ4n) is 2.20. The molecule has 1 N–H and O–H groups in total. The topological polar surface area (TPSA) is 21.3 Å². The molecule has 0 radical (unpaired) electrons. The fraction of sp³-hybridized carbons (Fsp3) is 0.375. The molecule has 1 heterocycles. The van der Waals surface area contributed by atoms with Gasteiger partial charge in [-0.3, -0.25) is 0 Å². The largest absolute Gasteiger partial charge is 0.384 e. The Kier molecular flexibility index (Phi) is 6.23.